The predicted octanol–water partition coefficient (Wildman–Crippen LogP) is 2.97. The van der Waals surface area contributed by atoms with E-state index in [1.54, 1.807) is 6.20 Å². The van der Waals surface area contributed by atoms with Crippen molar-refractivity contribution in [2.24, 2.45) is 0 Å². The second-order valence-corrected chi connectivity index (χ2v) is 4.46. The van der Waals surface area contributed by atoms with Gasteiger partial charge in [-0.1, -0.05) is 29.8 Å². The van der Waals surface area contributed by atoms with Gasteiger partial charge in [0.2, 0.25) is 0 Å². The maximum absolute atomic E-state index is 10.1. The van der Waals surface area contributed by atoms with Crippen LogP contribution in [0.3, 0.4) is 0 Å². The lowest BCUT2D eigenvalue weighted by Crippen LogP contribution is -2.04. The van der Waals surface area contributed by atoms with Crippen molar-refractivity contribution < 1.29 is 5.11 Å². The van der Waals surface area contributed by atoms with E-state index in [2.05, 4.69) is 24.0 Å². The van der Waals surface area contributed by atoms with E-state index in [0.29, 0.717) is 6.42 Å². The summed E-state index contributed by atoms with van der Waals surface area (Å²) in [6.45, 7) is 4.06. The Morgan fingerprint density at radius 1 is 1.06 bits per heavy atom. The Bertz CT molecular complexity index is 491. The van der Waals surface area contributed by atoms with Crippen LogP contribution >= 0.6 is 0 Å². The van der Waals surface area contributed by atoms with Gasteiger partial charge in [-0.3, -0.25) is 4.98 Å². The van der Waals surface area contributed by atoms with Crippen molar-refractivity contribution in [1.29, 1.82) is 0 Å². The zero-order valence-corrected chi connectivity index (χ0v) is 10.2. The second kappa shape index (κ2) is 5.11. The molecule has 1 aromatic heterocycles. The third-order valence-electron chi connectivity index (χ3n) is 2.83. The molecular weight excluding hydrogens is 210 g/mol. The Morgan fingerprint density at radius 2 is 1.76 bits per heavy atom. The minimum Gasteiger partial charge on any atom is -0.386 e. The molecule has 2 nitrogen and oxygen atoms in total. The van der Waals surface area contributed by atoms with Crippen LogP contribution in [0.2, 0.25) is 0 Å². The van der Waals surface area contributed by atoms with Crippen LogP contribution < -0.4 is 0 Å². The zero-order chi connectivity index (χ0) is 12.3. The fourth-order valence-electron chi connectivity index (χ4n) is 1.79. The lowest BCUT2D eigenvalue weighted by molar-refractivity contribution is 0.173. The van der Waals surface area contributed by atoms with Gasteiger partial charge in [0.05, 0.1) is 11.8 Å². The fraction of sp³-hybridized carbons (Fsp3) is 0.267. The lowest BCUT2D eigenvalue weighted by Gasteiger charge is -2.10. The van der Waals surface area contributed by atoms with Crippen molar-refractivity contribution in [2.45, 2.75) is 26.4 Å². The number of nitrogens with zero attached hydrogens (tertiary/aromatic N) is 1. The van der Waals surface area contributed by atoms with Gasteiger partial charge in [0.15, 0.2) is 0 Å². The third kappa shape index (κ3) is 3.14. The van der Waals surface area contributed by atoms with Crippen molar-refractivity contribution in [3.05, 3.63) is 65.0 Å². The van der Waals surface area contributed by atoms with Crippen LogP contribution in [0.5, 0.6) is 0 Å². The molecular formula is C15H17NO. The van der Waals surface area contributed by atoms with Crippen LogP contribution in [-0.2, 0) is 6.42 Å². The Kier molecular flexibility index (Phi) is 3.55. The Hall–Kier alpha value is -1.67. The first kappa shape index (κ1) is 11.8. The number of aliphatic hydroxyl groups is 1. The lowest BCUT2D eigenvalue weighted by atomic mass is 10.0. The molecule has 0 saturated heterocycles. The summed E-state index contributed by atoms with van der Waals surface area (Å²) in [5.74, 6) is 0. The predicted molar refractivity (Wildman–Crippen MR) is 68.8 cm³/mol. The van der Waals surface area contributed by atoms with E-state index in [9.17, 15) is 5.11 Å². The largest absolute Gasteiger partial charge is 0.386 e. The van der Waals surface area contributed by atoms with E-state index < -0.39 is 6.10 Å². The highest BCUT2D eigenvalue weighted by molar-refractivity contribution is 5.24. The number of aryl methyl sites for hydroxylation is 2. The molecule has 88 valence electrons. The van der Waals surface area contributed by atoms with Crippen LogP contribution in [0.4, 0.5) is 0 Å². The SMILES string of the molecule is Cc1ccc(CC(O)c2cc(C)ccn2)cc1. The molecule has 17 heavy (non-hydrogen) atoms. The van der Waals surface area contributed by atoms with Crippen molar-refractivity contribution >= 4 is 0 Å². The van der Waals surface area contributed by atoms with Crippen LogP contribution in [0, 0.1) is 13.8 Å². The van der Waals surface area contributed by atoms with Crippen LogP contribution in [-0.4, -0.2) is 10.1 Å². The van der Waals surface area contributed by atoms with Crippen molar-refractivity contribution in [3.63, 3.8) is 0 Å². The van der Waals surface area contributed by atoms with E-state index in [1.165, 1.54) is 5.56 Å². The molecule has 2 aromatic rings. The molecule has 0 aliphatic rings. The van der Waals surface area contributed by atoms with Gasteiger partial charge in [0, 0.05) is 12.6 Å². The van der Waals surface area contributed by atoms with Gasteiger partial charge < -0.3 is 5.11 Å². The zero-order valence-electron chi connectivity index (χ0n) is 10.2. The van der Waals surface area contributed by atoms with Gasteiger partial charge >= 0.3 is 0 Å². The molecule has 0 aliphatic heterocycles. The van der Waals surface area contributed by atoms with E-state index >= 15 is 0 Å². The summed E-state index contributed by atoms with van der Waals surface area (Å²) >= 11 is 0. The molecule has 0 bridgehead atoms. The molecule has 0 saturated carbocycles. The van der Waals surface area contributed by atoms with Crippen LogP contribution in [0.25, 0.3) is 0 Å². The fourth-order valence-corrected chi connectivity index (χ4v) is 1.79. The highest BCUT2D eigenvalue weighted by Crippen LogP contribution is 2.17. The molecule has 1 heterocycles. The van der Waals surface area contributed by atoms with E-state index in [4.69, 9.17) is 0 Å². The molecule has 2 rings (SSSR count). The molecule has 0 radical (unpaired) electrons. The summed E-state index contributed by atoms with van der Waals surface area (Å²) < 4.78 is 0. The minimum atomic E-state index is -0.530. The highest BCUT2D eigenvalue weighted by Gasteiger charge is 2.09. The Labute approximate surface area is 102 Å². The second-order valence-electron chi connectivity index (χ2n) is 4.46. The summed E-state index contributed by atoms with van der Waals surface area (Å²) in [5, 5.41) is 10.1. The van der Waals surface area contributed by atoms with Crippen molar-refractivity contribution in [3.8, 4) is 0 Å². The number of hydrogen-bond acceptors (Lipinski definition) is 2. The molecule has 0 spiro atoms. The molecule has 1 N–H and O–H groups in total. The smallest absolute Gasteiger partial charge is 0.1000 e. The van der Waals surface area contributed by atoms with Crippen LogP contribution in [0.15, 0.2) is 42.6 Å². The van der Waals surface area contributed by atoms with Crippen molar-refractivity contribution in [1.82, 2.24) is 4.98 Å². The maximum atomic E-state index is 10.1. The topological polar surface area (TPSA) is 33.1 Å². The average molecular weight is 227 g/mol. The molecule has 0 aliphatic carbocycles. The number of aliphatic hydroxyl groups excluding tert-OH is 1. The number of hydrogen-bond donors (Lipinski definition) is 1. The Morgan fingerprint density at radius 3 is 2.41 bits per heavy atom. The summed E-state index contributed by atoms with van der Waals surface area (Å²) in [6, 6.07) is 12.1. The monoisotopic (exact) mass is 227 g/mol. The van der Waals surface area contributed by atoms with E-state index in [-0.39, 0.29) is 0 Å². The quantitative estimate of drug-likeness (QED) is 0.874. The Balaban J connectivity index is 2.11. The number of benzene rings is 1. The van der Waals surface area contributed by atoms with Gasteiger partial charge in [0.1, 0.15) is 0 Å². The first-order chi connectivity index (χ1) is 8.15. The van der Waals surface area contributed by atoms with Crippen LogP contribution in [0.1, 0.15) is 28.5 Å². The van der Waals surface area contributed by atoms with Gasteiger partial charge in [-0.15, -0.1) is 0 Å². The van der Waals surface area contributed by atoms with E-state index in [0.717, 1.165) is 16.8 Å². The first-order valence-corrected chi connectivity index (χ1v) is 5.81. The molecule has 1 atom stereocenters. The van der Waals surface area contributed by atoms with Crippen molar-refractivity contribution in [2.75, 3.05) is 0 Å². The third-order valence-corrected chi connectivity index (χ3v) is 2.83. The summed E-state index contributed by atoms with van der Waals surface area (Å²) in [7, 11) is 0. The number of rotatable bonds is 3. The number of pyridine rings is 1. The summed E-state index contributed by atoms with van der Waals surface area (Å²) in [6.07, 6.45) is 1.82. The minimum absolute atomic E-state index is 0.530. The first-order valence-electron chi connectivity index (χ1n) is 5.81. The van der Waals surface area contributed by atoms with Gasteiger partial charge in [-0.05, 0) is 37.1 Å². The molecule has 0 fully saturated rings. The molecule has 2 heteroatoms. The van der Waals surface area contributed by atoms with E-state index in [1.807, 2.05) is 31.2 Å². The normalized spacial score (nSPS) is 12.4. The average Bonchev–Trinajstić information content (AvgIpc) is 2.32. The molecule has 0 amide bonds. The summed E-state index contributed by atoms with van der Waals surface area (Å²) in [4.78, 5) is 4.20. The standard InChI is InChI=1S/C15H17NO/c1-11-3-5-13(6-4-11)10-15(17)14-9-12(2)7-8-16-14/h3-9,15,17H,10H2,1-2H3. The number of aromatic nitrogens is 1. The maximum Gasteiger partial charge on any atom is 0.1000 e. The van der Waals surface area contributed by atoms with Gasteiger partial charge in [0.25, 0.3) is 0 Å². The highest BCUT2D eigenvalue weighted by atomic mass is 16.3. The molecule has 1 aromatic carbocycles. The summed E-state index contributed by atoms with van der Waals surface area (Å²) in [5.41, 5.74) is 4.23. The van der Waals surface area contributed by atoms with Gasteiger partial charge in [-0.25, -0.2) is 0 Å². The molecule has 1 unspecified atom stereocenters. The van der Waals surface area contributed by atoms with Gasteiger partial charge in [-0.2, -0.15) is 0 Å².